The van der Waals surface area contributed by atoms with Crippen molar-refractivity contribution in [2.24, 2.45) is 16.5 Å². The molecule has 5 heteroatoms. The minimum Gasteiger partial charge on any atom is -0.384 e. The number of aromatic nitrogens is 1. The molecule has 0 bridgehead atoms. The van der Waals surface area contributed by atoms with Crippen LogP contribution in [0.5, 0.6) is 0 Å². The average molecular weight is 239 g/mol. The molecule has 1 atom stereocenters. The first kappa shape index (κ1) is 10.7. The Balaban J connectivity index is 2.12. The highest BCUT2D eigenvalue weighted by Crippen LogP contribution is 2.23. The molecule has 0 aliphatic carbocycles. The zero-order chi connectivity index (χ0) is 12.6. The lowest BCUT2D eigenvalue weighted by atomic mass is 10.0. The smallest absolute Gasteiger partial charge is 0.211 e. The van der Waals surface area contributed by atoms with Gasteiger partial charge in [0.1, 0.15) is 5.84 Å². The summed E-state index contributed by atoms with van der Waals surface area (Å²) in [5.74, 6) is -0.606. The van der Waals surface area contributed by atoms with Crippen LogP contribution in [0.2, 0.25) is 0 Å². The van der Waals surface area contributed by atoms with Gasteiger partial charge in [-0.3, -0.25) is 10.7 Å². The lowest BCUT2D eigenvalue weighted by Crippen LogP contribution is -2.49. The molecule has 2 heterocycles. The van der Waals surface area contributed by atoms with Gasteiger partial charge in [0.2, 0.25) is 5.79 Å². The van der Waals surface area contributed by atoms with Crippen LogP contribution in [0.1, 0.15) is 5.56 Å². The summed E-state index contributed by atoms with van der Waals surface area (Å²) in [6, 6.07) is 9.66. The number of nitrogens with two attached hydrogens (primary N) is 2. The number of aliphatic imine (C=N–C) groups is 1. The van der Waals surface area contributed by atoms with Gasteiger partial charge in [-0.2, -0.15) is 0 Å². The van der Waals surface area contributed by atoms with E-state index in [0.717, 1.165) is 16.5 Å². The molecule has 0 saturated carbocycles. The van der Waals surface area contributed by atoms with Crippen LogP contribution in [0.25, 0.3) is 10.9 Å². The summed E-state index contributed by atoms with van der Waals surface area (Å²) in [4.78, 5) is 8.51. The molecule has 3 rings (SSSR count). The minimum absolute atomic E-state index is 0.405. The van der Waals surface area contributed by atoms with Gasteiger partial charge in [-0.25, -0.2) is 4.99 Å². The second kappa shape index (κ2) is 3.82. The van der Waals surface area contributed by atoms with Crippen LogP contribution < -0.4 is 16.8 Å². The Morgan fingerprint density at radius 1 is 1.22 bits per heavy atom. The number of nitrogens with one attached hydrogen (secondary N) is 1. The van der Waals surface area contributed by atoms with E-state index in [1.165, 1.54) is 0 Å². The summed E-state index contributed by atoms with van der Waals surface area (Å²) >= 11 is 0. The van der Waals surface area contributed by atoms with Gasteiger partial charge in [0.25, 0.3) is 0 Å². The monoisotopic (exact) mass is 239 g/mol. The Hall–Kier alpha value is -2.40. The molecule has 0 radical (unpaired) electrons. The van der Waals surface area contributed by atoms with Crippen molar-refractivity contribution in [3.05, 3.63) is 54.4 Å². The summed E-state index contributed by atoms with van der Waals surface area (Å²) in [5.41, 5.74) is 13.7. The van der Waals surface area contributed by atoms with Gasteiger partial charge in [0, 0.05) is 23.3 Å². The van der Waals surface area contributed by atoms with Crippen LogP contribution in [0.15, 0.2) is 53.8 Å². The number of rotatable bonds is 1. The Morgan fingerprint density at radius 2 is 2.11 bits per heavy atom. The van der Waals surface area contributed by atoms with Gasteiger partial charge < -0.3 is 11.1 Å². The Bertz CT molecular complexity index is 661. The molecule has 1 aliphatic heterocycles. The van der Waals surface area contributed by atoms with E-state index < -0.39 is 5.79 Å². The molecule has 1 aromatic heterocycles. The summed E-state index contributed by atoms with van der Waals surface area (Å²) in [6.07, 6.45) is 5.14. The Kier molecular flexibility index (Phi) is 2.28. The van der Waals surface area contributed by atoms with Gasteiger partial charge in [-0.15, -0.1) is 0 Å². The Morgan fingerprint density at radius 3 is 2.94 bits per heavy atom. The topological polar surface area (TPSA) is 89.3 Å². The van der Waals surface area contributed by atoms with Gasteiger partial charge >= 0.3 is 0 Å². The van der Waals surface area contributed by atoms with Gasteiger partial charge in [0.15, 0.2) is 0 Å². The second-order valence-corrected chi connectivity index (χ2v) is 4.19. The summed E-state index contributed by atoms with van der Waals surface area (Å²) in [6.45, 7) is 0. The van der Waals surface area contributed by atoms with E-state index in [1.807, 2.05) is 30.3 Å². The maximum Gasteiger partial charge on any atom is 0.211 e. The summed E-state index contributed by atoms with van der Waals surface area (Å²) < 4.78 is 0. The van der Waals surface area contributed by atoms with Crippen LogP contribution in [-0.4, -0.2) is 10.8 Å². The number of hydrogen-bond donors (Lipinski definition) is 3. The lowest BCUT2D eigenvalue weighted by Gasteiger charge is -2.28. The zero-order valence-electron chi connectivity index (χ0n) is 9.67. The third kappa shape index (κ3) is 1.70. The number of benzene rings is 1. The molecule has 5 N–H and O–H groups in total. The predicted octanol–water partition coefficient (Wildman–Crippen LogP) is 0.778. The first-order valence-electron chi connectivity index (χ1n) is 5.61. The molecule has 0 amide bonds. The first-order valence-corrected chi connectivity index (χ1v) is 5.61. The number of hydrogen-bond acceptors (Lipinski definition) is 5. The third-order valence-electron chi connectivity index (χ3n) is 2.91. The van der Waals surface area contributed by atoms with Crippen molar-refractivity contribution in [1.29, 1.82) is 0 Å². The van der Waals surface area contributed by atoms with E-state index in [-0.39, 0.29) is 0 Å². The van der Waals surface area contributed by atoms with Gasteiger partial charge in [-0.1, -0.05) is 12.1 Å². The fourth-order valence-electron chi connectivity index (χ4n) is 1.99. The minimum atomic E-state index is -1.01. The first-order chi connectivity index (χ1) is 8.67. The highest BCUT2D eigenvalue weighted by Gasteiger charge is 2.27. The van der Waals surface area contributed by atoms with E-state index in [1.54, 1.807) is 18.5 Å². The molecule has 1 unspecified atom stereocenters. The van der Waals surface area contributed by atoms with E-state index in [0.29, 0.717) is 5.84 Å². The van der Waals surface area contributed by atoms with Crippen molar-refractivity contribution < 1.29 is 0 Å². The molecule has 1 aromatic carbocycles. The lowest BCUT2D eigenvalue weighted by molar-refractivity contribution is 0.410. The Labute approximate surface area is 104 Å². The largest absolute Gasteiger partial charge is 0.384 e. The molecular formula is C13H13N5. The van der Waals surface area contributed by atoms with Crippen molar-refractivity contribution in [3.8, 4) is 0 Å². The van der Waals surface area contributed by atoms with Crippen LogP contribution in [-0.2, 0) is 5.79 Å². The summed E-state index contributed by atoms with van der Waals surface area (Å²) in [5, 5.41) is 4.03. The van der Waals surface area contributed by atoms with E-state index in [9.17, 15) is 0 Å². The molecule has 90 valence electrons. The molecule has 18 heavy (non-hydrogen) atoms. The number of amidine groups is 1. The quantitative estimate of drug-likeness (QED) is 0.686. The fourth-order valence-corrected chi connectivity index (χ4v) is 1.99. The van der Waals surface area contributed by atoms with Crippen LogP contribution >= 0.6 is 0 Å². The molecular weight excluding hydrogens is 226 g/mol. The predicted molar refractivity (Wildman–Crippen MR) is 71.5 cm³/mol. The van der Waals surface area contributed by atoms with Gasteiger partial charge in [-0.05, 0) is 24.3 Å². The van der Waals surface area contributed by atoms with Crippen LogP contribution in [0.4, 0.5) is 0 Å². The maximum absolute atomic E-state index is 6.21. The normalized spacial score (nSPS) is 22.6. The number of pyridine rings is 1. The fraction of sp³-hybridized carbons (Fsp3) is 0.0769. The van der Waals surface area contributed by atoms with Crippen molar-refractivity contribution in [3.63, 3.8) is 0 Å². The zero-order valence-corrected chi connectivity index (χ0v) is 9.67. The van der Waals surface area contributed by atoms with Gasteiger partial charge in [0.05, 0.1) is 5.52 Å². The van der Waals surface area contributed by atoms with Crippen molar-refractivity contribution in [1.82, 2.24) is 10.3 Å². The number of fused-ring (bicyclic) bond motifs is 1. The average Bonchev–Trinajstić information content (AvgIpc) is 2.38. The molecule has 5 nitrogen and oxygen atoms in total. The third-order valence-corrected chi connectivity index (χ3v) is 2.91. The summed E-state index contributed by atoms with van der Waals surface area (Å²) in [7, 11) is 0. The number of nitrogens with zero attached hydrogens (tertiary/aromatic N) is 2. The maximum atomic E-state index is 6.21. The second-order valence-electron chi connectivity index (χ2n) is 4.19. The molecule has 0 fully saturated rings. The van der Waals surface area contributed by atoms with E-state index >= 15 is 0 Å². The highest BCUT2D eigenvalue weighted by molar-refractivity contribution is 5.92. The van der Waals surface area contributed by atoms with Crippen molar-refractivity contribution in [2.45, 2.75) is 5.79 Å². The van der Waals surface area contributed by atoms with Crippen LogP contribution in [0.3, 0.4) is 0 Å². The highest BCUT2D eigenvalue weighted by atomic mass is 15.3. The standard InChI is InChI=1S/C13H13N5/c14-12-5-7-17-13(15,18-12)10-3-4-11-9(8-10)2-1-6-16-11/h1-8,17H,15H2,(H2,14,18). The molecule has 1 aliphatic rings. The molecule has 0 saturated heterocycles. The van der Waals surface area contributed by atoms with E-state index in [4.69, 9.17) is 11.5 Å². The van der Waals surface area contributed by atoms with E-state index in [2.05, 4.69) is 15.3 Å². The van der Waals surface area contributed by atoms with Crippen molar-refractivity contribution >= 4 is 16.7 Å². The molecule has 2 aromatic rings. The molecule has 0 spiro atoms. The van der Waals surface area contributed by atoms with Crippen LogP contribution in [0, 0.1) is 0 Å². The van der Waals surface area contributed by atoms with Crippen molar-refractivity contribution in [2.75, 3.05) is 0 Å². The SMILES string of the molecule is NC1=NC(N)(c2ccc3ncccc3c2)NC=C1.